The van der Waals surface area contributed by atoms with Gasteiger partial charge in [-0.15, -0.1) is 0 Å². The zero-order valence-electron chi connectivity index (χ0n) is 14.7. The van der Waals surface area contributed by atoms with Gasteiger partial charge in [-0.25, -0.2) is 0 Å². The van der Waals surface area contributed by atoms with E-state index in [0.717, 1.165) is 50.5 Å². The monoisotopic (exact) mass is 354 g/mol. The molecule has 0 atom stereocenters. The Morgan fingerprint density at radius 1 is 1.08 bits per heavy atom. The SMILES string of the molecule is CCN(CC)CCCNCc1ccc(-c2cccc(C(F)(F)F)c2)o1. The Bertz CT molecular complexity index is 648. The van der Waals surface area contributed by atoms with Crippen LogP contribution in [-0.2, 0) is 12.7 Å². The van der Waals surface area contributed by atoms with Gasteiger partial charge in [0.2, 0.25) is 0 Å². The highest BCUT2D eigenvalue weighted by molar-refractivity contribution is 5.58. The molecule has 1 heterocycles. The molecule has 3 nitrogen and oxygen atoms in total. The van der Waals surface area contributed by atoms with E-state index in [0.29, 0.717) is 17.9 Å². The first-order valence-electron chi connectivity index (χ1n) is 8.63. The standard InChI is InChI=1S/C19H25F3N2O/c1-3-24(4-2)12-6-11-23-14-17-9-10-18(25-17)15-7-5-8-16(13-15)19(20,21)22/h5,7-10,13,23H,3-4,6,11-12,14H2,1-2H3. The minimum Gasteiger partial charge on any atom is -0.460 e. The predicted octanol–water partition coefficient (Wildman–Crippen LogP) is 4.79. The average molecular weight is 354 g/mol. The van der Waals surface area contributed by atoms with Gasteiger partial charge in [-0.2, -0.15) is 13.2 Å². The van der Waals surface area contributed by atoms with Gasteiger partial charge < -0.3 is 14.6 Å². The van der Waals surface area contributed by atoms with E-state index in [2.05, 4.69) is 24.1 Å². The molecule has 25 heavy (non-hydrogen) atoms. The Morgan fingerprint density at radius 3 is 2.52 bits per heavy atom. The highest BCUT2D eigenvalue weighted by Crippen LogP contribution is 2.32. The molecule has 0 bridgehead atoms. The fourth-order valence-electron chi connectivity index (χ4n) is 2.66. The van der Waals surface area contributed by atoms with E-state index in [-0.39, 0.29) is 0 Å². The molecule has 0 saturated heterocycles. The van der Waals surface area contributed by atoms with Crippen LogP contribution in [0.4, 0.5) is 13.2 Å². The summed E-state index contributed by atoms with van der Waals surface area (Å²) in [6.07, 6.45) is -3.30. The summed E-state index contributed by atoms with van der Waals surface area (Å²) in [5, 5.41) is 3.31. The highest BCUT2D eigenvalue weighted by atomic mass is 19.4. The maximum atomic E-state index is 12.8. The van der Waals surface area contributed by atoms with Crippen LogP contribution in [0.25, 0.3) is 11.3 Å². The van der Waals surface area contributed by atoms with Crippen LogP contribution in [0, 0.1) is 0 Å². The second-order valence-electron chi connectivity index (χ2n) is 5.90. The molecule has 1 N–H and O–H groups in total. The second-order valence-corrected chi connectivity index (χ2v) is 5.90. The average Bonchev–Trinajstić information content (AvgIpc) is 3.06. The summed E-state index contributed by atoms with van der Waals surface area (Å²) >= 11 is 0. The second kappa shape index (κ2) is 9.06. The van der Waals surface area contributed by atoms with Crippen LogP contribution in [0.5, 0.6) is 0 Å². The smallest absolute Gasteiger partial charge is 0.416 e. The molecule has 0 aliphatic rings. The third-order valence-electron chi connectivity index (χ3n) is 4.16. The quantitative estimate of drug-likeness (QED) is 0.657. The lowest BCUT2D eigenvalue weighted by Crippen LogP contribution is -2.27. The van der Waals surface area contributed by atoms with Gasteiger partial charge in [0.05, 0.1) is 12.1 Å². The number of halogens is 3. The summed E-state index contributed by atoms with van der Waals surface area (Å²) in [7, 11) is 0. The van der Waals surface area contributed by atoms with Crippen molar-refractivity contribution in [3.8, 4) is 11.3 Å². The summed E-state index contributed by atoms with van der Waals surface area (Å²) in [5.41, 5.74) is -0.236. The predicted molar refractivity (Wildman–Crippen MR) is 93.3 cm³/mol. The lowest BCUT2D eigenvalue weighted by atomic mass is 10.1. The molecule has 0 amide bonds. The summed E-state index contributed by atoms with van der Waals surface area (Å²) in [6.45, 7) is 8.88. The Labute approximate surface area is 146 Å². The van der Waals surface area contributed by atoms with Crippen LogP contribution in [0.15, 0.2) is 40.8 Å². The molecule has 0 spiro atoms. The van der Waals surface area contributed by atoms with Gasteiger partial charge in [0.15, 0.2) is 0 Å². The van der Waals surface area contributed by atoms with E-state index in [1.54, 1.807) is 18.2 Å². The third kappa shape index (κ3) is 5.90. The molecule has 0 unspecified atom stereocenters. The number of alkyl halides is 3. The largest absolute Gasteiger partial charge is 0.460 e. The number of benzene rings is 1. The minimum atomic E-state index is -4.35. The molecular weight excluding hydrogens is 329 g/mol. The van der Waals surface area contributed by atoms with Crippen molar-refractivity contribution in [3.63, 3.8) is 0 Å². The molecule has 1 aromatic heterocycles. The Morgan fingerprint density at radius 2 is 1.84 bits per heavy atom. The lowest BCUT2D eigenvalue weighted by Gasteiger charge is -2.17. The maximum Gasteiger partial charge on any atom is 0.416 e. The molecule has 0 fully saturated rings. The van der Waals surface area contributed by atoms with Gasteiger partial charge in [0.25, 0.3) is 0 Å². The zero-order valence-corrected chi connectivity index (χ0v) is 14.7. The number of rotatable bonds is 9. The lowest BCUT2D eigenvalue weighted by molar-refractivity contribution is -0.137. The van der Waals surface area contributed by atoms with Crippen molar-refractivity contribution < 1.29 is 17.6 Å². The van der Waals surface area contributed by atoms with Gasteiger partial charge in [-0.1, -0.05) is 26.0 Å². The molecule has 0 saturated carbocycles. The van der Waals surface area contributed by atoms with Gasteiger partial charge in [0.1, 0.15) is 11.5 Å². The van der Waals surface area contributed by atoms with Crippen LogP contribution < -0.4 is 5.32 Å². The van der Waals surface area contributed by atoms with Crippen molar-refractivity contribution >= 4 is 0 Å². The molecule has 0 radical (unpaired) electrons. The number of nitrogens with zero attached hydrogens (tertiary/aromatic N) is 1. The number of hydrogen-bond donors (Lipinski definition) is 1. The van der Waals surface area contributed by atoms with Crippen molar-refractivity contribution in [1.29, 1.82) is 0 Å². The highest BCUT2D eigenvalue weighted by Gasteiger charge is 2.30. The van der Waals surface area contributed by atoms with Crippen LogP contribution in [-0.4, -0.2) is 31.1 Å². The molecule has 0 aliphatic carbocycles. The Balaban J connectivity index is 1.86. The van der Waals surface area contributed by atoms with Crippen molar-refractivity contribution in [1.82, 2.24) is 10.2 Å². The van der Waals surface area contributed by atoms with Crippen molar-refractivity contribution in [2.75, 3.05) is 26.2 Å². The van der Waals surface area contributed by atoms with E-state index in [9.17, 15) is 13.2 Å². The van der Waals surface area contributed by atoms with Gasteiger partial charge in [-0.05, 0) is 56.9 Å². The fraction of sp³-hybridized carbons (Fsp3) is 0.474. The summed E-state index contributed by atoms with van der Waals surface area (Å²) in [4.78, 5) is 2.36. The first kappa shape index (κ1) is 19.5. The van der Waals surface area contributed by atoms with Gasteiger partial charge >= 0.3 is 6.18 Å². The van der Waals surface area contributed by atoms with Crippen molar-refractivity contribution in [2.24, 2.45) is 0 Å². The molecule has 6 heteroatoms. The van der Waals surface area contributed by atoms with Crippen LogP contribution in [0.1, 0.15) is 31.6 Å². The van der Waals surface area contributed by atoms with Gasteiger partial charge in [0, 0.05) is 5.56 Å². The first-order chi connectivity index (χ1) is 11.9. The fourth-order valence-corrected chi connectivity index (χ4v) is 2.66. The number of hydrogen-bond acceptors (Lipinski definition) is 3. The Hall–Kier alpha value is -1.79. The van der Waals surface area contributed by atoms with E-state index in [1.165, 1.54) is 6.07 Å². The van der Waals surface area contributed by atoms with E-state index in [1.807, 2.05) is 0 Å². The summed E-state index contributed by atoms with van der Waals surface area (Å²) in [5.74, 6) is 1.17. The summed E-state index contributed by atoms with van der Waals surface area (Å²) < 4.78 is 44.0. The number of furan rings is 1. The van der Waals surface area contributed by atoms with Crippen LogP contribution in [0.2, 0.25) is 0 Å². The maximum absolute atomic E-state index is 12.8. The van der Waals surface area contributed by atoms with Crippen LogP contribution >= 0.6 is 0 Å². The normalized spacial score (nSPS) is 12.1. The number of nitrogens with one attached hydrogen (secondary N) is 1. The van der Waals surface area contributed by atoms with E-state index >= 15 is 0 Å². The molecule has 2 aromatic rings. The minimum absolute atomic E-state index is 0.433. The summed E-state index contributed by atoms with van der Waals surface area (Å²) in [6, 6.07) is 8.70. The first-order valence-corrected chi connectivity index (χ1v) is 8.63. The molecule has 138 valence electrons. The molecule has 2 rings (SSSR count). The molecule has 1 aromatic carbocycles. The Kier molecular flexibility index (Phi) is 7.08. The van der Waals surface area contributed by atoms with Gasteiger partial charge in [-0.3, -0.25) is 0 Å². The molecule has 0 aliphatic heterocycles. The van der Waals surface area contributed by atoms with Crippen molar-refractivity contribution in [3.05, 3.63) is 47.7 Å². The topological polar surface area (TPSA) is 28.4 Å². The zero-order chi connectivity index (χ0) is 18.3. The third-order valence-corrected chi connectivity index (χ3v) is 4.16. The van der Waals surface area contributed by atoms with E-state index < -0.39 is 11.7 Å². The van der Waals surface area contributed by atoms with E-state index in [4.69, 9.17) is 4.42 Å². The molecular formula is C19H25F3N2O. The van der Waals surface area contributed by atoms with Crippen LogP contribution in [0.3, 0.4) is 0 Å². The van der Waals surface area contributed by atoms with Crippen molar-refractivity contribution in [2.45, 2.75) is 33.0 Å².